The average Bonchev–Trinajstić information content (AvgIpc) is 3.10. The number of hydrogen-bond acceptors (Lipinski definition) is 4. The van der Waals surface area contributed by atoms with Crippen molar-refractivity contribution >= 4 is 15.5 Å². The van der Waals surface area contributed by atoms with E-state index in [1.807, 2.05) is 19.1 Å². The van der Waals surface area contributed by atoms with Crippen LogP contribution in [0.2, 0.25) is 0 Å². The lowest BCUT2D eigenvalue weighted by molar-refractivity contribution is 0.579. The first-order chi connectivity index (χ1) is 11.5. The number of anilines is 1. The van der Waals surface area contributed by atoms with E-state index < -0.39 is 9.84 Å². The van der Waals surface area contributed by atoms with Crippen LogP contribution >= 0.6 is 0 Å². The number of hydrogen-bond donors (Lipinski definition) is 2. The fraction of sp³-hybridized carbons (Fsp3) is 0.389. The molecule has 1 heterocycles. The van der Waals surface area contributed by atoms with E-state index in [1.165, 1.54) is 0 Å². The fourth-order valence-corrected chi connectivity index (χ4v) is 5.31. The Balaban J connectivity index is 1.84. The summed E-state index contributed by atoms with van der Waals surface area (Å²) in [5.41, 5.74) is 1.94. The van der Waals surface area contributed by atoms with Crippen molar-refractivity contribution in [2.45, 2.75) is 49.3 Å². The molecule has 24 heavy (non-hydrogen) atoms. The molecule has 1 aliphatic rings. The Morgan fingerprint density at radius 2 is 1.96 bits per heavy atom. The lowest BCUT2D eigenvalue weighted by atomic mass is 10.2. The number of H-pyrrole nitrogens is 1. The predicted octanol–water partition coefficient (Wildman–Crippen LogP) is 3.01. The smallest absolute Gasteiger partial charge is 0.252 e. The molecular formula is C18H22N2O3S. The van der Waals surface area contributed by atoms with E-state index in [4.69, 9.17) is 0 Å². The Morgan fingerprint density at radius 3 is 2.67 bits per heavy atom. The summed E-state index contributed by atoms with van der Waals surface area (Å²) in [5, 5.41) is 2.89. The molecule has 3 rings (SSSR count). The molecule has 0 bridgehead atoms. The highest BCUT2D eigenvalue weighted by molar-refractivity contribution is 7.92. The zero-order valence-corrected chi connectivity index (χ0v) is 14.5. The molecule has 6 heteroatoms. The predicted molar refractivity (Wildman–Crippen MR) is 95.0 cm³/mol. The molecule has 5 nitrogen and oxygen atoms in total. The molecular weight excluding hydrogens is 324 g/mol. The lowest BCUT2D eigenvalue weighted by Crippen LogP contribution is -2.19. The molecule has 0 amide bonds. The van der Waals surface area contributed by atoms with Gasteiger partial charge in [-0.05, 0) is 43.5 Å². The highest BCUT2D eigenvalue weighted by Crippen LogP contribution is 2.32. The second-order valence-electron chi connectivity index (χ2n) is 6.31. The van der Waals surface area contributed by atoms with Crippen LogP contribution in [-0.4, -0.2) is 18.7 Å². The van der Waals surface area contributed by atoms with Crippen LogP contribution in [0.25, 0.3) is 0 Å². The van der Waals surface area contributed by atoms with Crippen molar-refractivity contribution in [2.75, 3.05) is 5.32 Å². The quantitative estimate of drug-likeness (QED) is 0.872. The van der Waals surface area contributed by atoms with E-state index in [9.17, 15) is 13.2 Å². The van der Waals surface area contributed by atoms with E-state index in [-0.39, 0.29) is 10.8 Å². The highest BCUT2D eigenvalue weighted by atomic mass is 32.2. The normalized spacial score (nSPS) is 15.5. The van der Waals surface area contributed by atoms with Gasteiger partial charge in [0.1, 0.15) is 0 Å². The summed E-state index contributed by atoms with van der Waals surface area (Å²) in [7, 11) is -3.29. The minimum absolute atomic E-state index is 0.143. The summed E-state index contributed by atoms with van der Waals surface area (Å²) in [5.74, 6) is 0. The van der Waals surface area contributed by atoms with Gasteiger partial charge in [0, 0.05) is 24.0 Å². The van der Waals surface area contributed by atoms with E-state index in [0.29, 0.717) is 22.7 Å². The zero-order valence-electron chi connectivity index (χ0n) is 13.7. The molecule has 0 spiro atoms. The molecule has 128 valence electrons. The second kappa shape index (κ2) is 6.81. The molecule has 1 saturated carbocycles. The minimum Gasteiger partial charge on any atom is -0.381 e. The Labute approximate surface area is 142 Å². The molecule has 2 N–H and O–H groups in total. The average molecular weight is 346 g/mol. The van der Waals surface area contributed by atoms with Gasteiger partial charge in [0.15, 0.2) is 9.84 Å². The highest BCUT2D eigenvalue weighted by Gasteiger charge is 2.31. The summed E-state index contributed by atoms with van der Waals surface area (Å²) in [6, 6.07) is 8.87. The number of nitrogens with one attached hydrogen (secondary N) is 2. The number of sulfone groups is 1. The molecule has 0 radical (unpaired) electrons. The van der Waals surface area contributed by atoms with Crippen LogP contribution in [-0.2, 0) is 16.4 Å². The second-order valence-corrected chi connectivity index (χ2v) is 8.51. The maximum Gasteiger partial charge on any atom is 0.252 e. The van der Waals surface area contributed by atoms with Crippen LogP contribution in [0.15, 0.2) is 46.2 Å². The van der Waals surface area contributed by atoms with Crippen LogP contribution in [0.3, 0.4) is 0 Å². The number of aromatic amines is 1. The van der Waals surface area contributed by atoms with Gasteiger partial charge in [-0.2, -0.15) is 0 Å². The van der Waals surface area contributed by atoms with Crippen LogP contribution in [0.1, 0.15) is 36.8 Å². The van der Waals surface area contributed by atoms with E-state index in [2.05, 4.69) is 10.3 Å². The van der Waals surface area contributed by atoms with Gasteiger partial charge < -0.3 is 10.3 Å². The number of aryl methyl sites for hydroxylation is 1. The van der Waals surface area contributed by atoms with Gasteiger partial charge in [0.05, 0.1) is 10.1 Å². The van der Waals surface area contributed by atoms with Crippen molar-refractivity contribution in [1.82, 2.24) is 4.98 Å². The molecule has 0 unspecified atom stereocenters. The van der Waals surface area contributed by atoms with Gasteiger partial charge in [-0.15, -0.1) is 0 Å². The van der Waals surface area contributed by atoms with Gasteiger partial charge in [-0.3, -0.25) is 4.79 Å². The SMILES string of the molecule is Cc1ccc(NCc2ccc[nH]c2=O)cc1S(=O)(=O)C1CCCC1. The molecule has 0 aliphatic heterocycles. The largest absolute Gasteiger partial charge is 0.381 e. The van der Waals surface area contributed by atoms with Crippen molar-refractivity contribution < 1.29 is 8.42 Å². The maximum absolute atomic E-state index is 12.9. The lowest BCUT2D eigenvalue weighted by Gasteiger charge is -2.15. The van der Waals surface area contributed by atoms with Crippen molar-refractivity contribution in [1.29, 1.82) is 0 Å². The number of rotatable bonds is 5. The van der Waals surface area contributed by atoms with E-state index in [1.54, 1.807) is 24.4 Å². The fourth-order valence-electron chi connectivity index (χ4n) is 3.19. The Hall–Kier alpha value is -2.08. The molecule has 0 atom stereocenters. The standard InChI is InChI=1S/C18H22N2O3S/c1-13-8-9-15(20-12-14-5-4-10-19-18(14)21)11-17(13)24(22,23)16-6-2-3-7-16/h4-5,8-11,16,20H,2-3,6-7,12H2,1H3,(H,19,21). The number of benzene rings is 1. The monoisotopic (exact) mass is 346 g/mol. The van der Waals surface area contributed by atoms with Gasteiger partial charge in [-0.1, -0.05) is 25.0 Å². The third kappa shape index (κ3) is 3.38. The summed E-state index contributed by atoms with van der Waals surface area (Å²) < 4.78 is 25.7. The van der Waals surface area contributed by atoms with Gasteiger partial charge in [0.25, 0.3) is 5.56 Å². The third-order valence-corrected chi connectivity index (χ3v) is 7.02. The van der Waals surface area contributed by atoms with E-state index >= 15 is 0 Å². The number of aromatic nitrogens is 1. The molecule has 1 aliphatic carbocycles. The van der Waals surface area contributed by atoms with Crippen molar-refractivity contribution in [3.8, 4) is 0 Å². The van der Waals surface area contributed by atoms with Crippen LogP contribution < -0.4 is 10.9 Å². The van der Waals surface area contributed by atoms with Crippen LogP contribution in [0, 0.1) is 6.92 Å². The Morgan fingerprint density at radius 1 is 1.21 bits per heavy atom. The topological polar surface area (TPSA) is 79.0 Å². The first-order valence-electron chi connectivity index (χ1n) is 8.23. The molecule has 0 saturated heterocycles. The molecule has 1 aromatic heterocycles. The Bertz CT molecular complexity index is 881. The maximum atomic E-state index is 12.9. The molecule has 2 aromatic rings. The van der Waals surface area contributed by atoms with Gasteiger partial charge in [-0.25, -0.2) is 8.42 Å². The third-order valence-electron chi connectivity index (χ3n) is 4.62. The minimum atomic E-state index is -3.29. The van der Waals surface area contributed by atoms with Gasteiger partial charge in [0.2, 0.25) is 0 Å². The van der Waals surface area contributed by atoms with Crippen LogP contribution in [0.4, 0.5) is 5.69 Å². The van der Waals surface area contributed by atoms with E-state index in [0.717, 1.165) is 31.2 Å². The summed E-state index contributed by atoms with van der Waals surface area (Å²) in [4.78, 5) is 14.7. The van der Waals surface area contributed by atoms with Crippen molar-refractivity contribution in [2.24, 2.45) is 0 Å². The summed E-state index contributed by atoms with van der Waals surface area (Å²) in [6.07, 6.45) is 5.05. The van der Waals surface area contributed by atoms with Gasteiger partial charge >= 0.3 is 0 Å². The van der Waals surface area contributed by atoms with Crippen molar-refractivity contribution in [3.05, 3.63) is 58.0 Å². The number of pyridine rings is 1. The first kappa shape index (κ1) is 16.8. The Kier molecular flexibility index (Phi) is 4.76. The molecule has 1 fully saturated rings. The summed E-state index contributed by atoms with van der Waals surface area (Å²) >= 11 is 0. The summed E-state index contributed by atoms with van der Waals surface area (Å²) in [6.45, 7) is 2.18. The zero-order chi connectivity index (χ0) is 17.2. The van der Waals surface area contributed by atoms with Crippen molar-refractivity contribution in [3.63, 3.8) is 0 Å². The molecule has 1 aromatic carbocycles. The van der Waals surface area contributed by atoms with Crippen LogP contribution in [0.5, 0.6) is 0 Å². The first-order valence-corrected chi connectivity index (χ1v) is 9.78.